The monoisotopic (exact) mass is 393 g/mol. The summed E-state index contributed by atoms with van der Waals surface area (Å²) in [4.78, 5) is 15.5. The van der Waals surface area contributed by atoms with Gasteiger partial charge in [-0.1, -0.05) is 42.5 Å². The predicted molar refractivity (Wildman–Crippen MR) is 114 cm³/mol. The summed E-state index contributed by atoms with van der Waals surface area (Å²) in [6, 6.07) is 18.5. The van der Waals surface area contributed by atoms with Crippen LogP contribution in [0.3, 0.4) is 0 Å². The Morgan fingerprint density at radius 1 is 1.03 bits per heavy atom. The Kier molecular flexibility index (Phi) is 5.97. The van der Waals surface area contributed by atoms with Crippen molar-refractivity contribution in [3.63, 3.8) is 0 Å². The van der Waals surface area contributed by atoms with Crippen LogP contribution in [0.2, 0.25) is 0 Å². The van der Waals surface area contributed by atoms with Crippen LogP contribution in [0.5, 0.6) is 0 Å². The zero-order chi connectivity index (χ0) is 20.2. The molecule has 5 nitrogen and oxygen atoms in total. The van der Waals surface area contributed by atoms with E-state index in [4.69, 9.17) is 4.42 Å². The van der Waals surface area contributed by atoms with E-state index in [1.54, 1.807) is 4.90 Å². The number of para-hydroxylation sites is 1. The summed E-state index contributed by atoms with van der Waals surface area (Å²) in [5.74, 6) is 0.900. The molecule has 0 bridgehead atoms. The van der Waals surface area contributed by atoms with Crippen LogP contribution in [-0.4, -0.2) is 38.6 Å². The Bertz CT molecular complexity index is 940. The van der Waals surface area contributed by atoms with Crippen LogP contribution in [0.4, 0.5) is 0 Å². The van der Waals surface area contributed by atoms with Crippen LogP contribution >= 0.6 is 0 Å². The molecule has 0 aliphatic carbocycles. The lowest BCUT2D eigenvalue weighted by Crippen LogP contribution is -3.28. The van der Waals surface area contributed by atoms with Gasteiger partial charge in [0.15, 0.2) is 6.54 Å². The van der Waals surface area contributed by atoms with E-state index in [9.17, 15) is 4.79 Å². The Balaban J connectivity index is 1.25. The molecule has 1 amide bonds. The lowest BCUT2D eigenvalue weighted by atomic mass is 10.1. The van der Waals surface area contributed by atoms with Gasteiger partial charge in [0, 0.05) is 10.9 Å². The molecule has 0 unspecified atom stereocenters. The van der Waals surface area contributed by atoms with Crippen LogP contribution in [0, 0.1) is 6.92 Å². The van der Waals surface area contributed by atoms with Gasteiger partial charge in [0.05, 0.1) is 6.04 Å². The molecule has 29 heavy (non-hydrogen) atoms. The van der Waals surface area contributed by atoms with Gasteiger partial charge in [0.1, 0.15) is 44.1 Å². The van der Waals surface area contributed by atoms with Crippen molar-refractivity contribution in [2.45, 2.75) is 26.4 Å². The molecule has 4 rings (SSSR count). The van der Waals surface area contributed by atoms with Gasteiger partial charge < -0.3 is 19.5 Å². The van der Waals surface area contributed by atoms with Crippen molar-refractivity contribution in [3.8, 4) is 0 Å². The van der Waals surface area contributed by atoms with E-state index >= 15 is 0 Å². The molecule has 2 aromatic carbocycles. The minimum atomic E-state index is -0.123. The van der Waals surface area contributed by atoms with Gasteiger partial charge in [-0.15, -0.1) is 0 Å². The molecule has 0 saturated carbocycles. The zero-order valence-electron chi connectivity index (χ0n) is 17.3. The summed E-state index contributed by atoms with van der Waals surface area (Å²) in [6.07, 6.45) is 0. The first-order chi connectivity index (χ1) is 14.1. The predicted octanol–water partition coefficient (Wildman–Crippen LogP) is 0.902. The fourth-order valence-corrected chi connectivity index (χ4v) is 4.19. The molecular formula is C24H31N3O2+2. The van der Waals surface area contributed by atoms with Crippen molar-refractivity contribution in [1.29, 1.82) is 0 Å². The number of fused-ring (bicyclic) bond motifs is 1. The third kappa shape index (κ3) is 4.86. The van der Waals surface area contributed by atoms with Gasteiger partial charge in [0.2, 0.25) is 0 Å². The average molecular weight is 394 g/mol. The van der Waals surface area contributed by atoms with Crippen LogP contribution in [0.1, 0.15) is 29.9 Å². The minimum absolute atomic E-state index is 0.0929. The van der Waals surface area contributed by atoms with Crippen molar-refractivity contribution in [2.75, 3.05) is 32.7 Å². The van der Waals surface area contributed by atoms with Crippen molar-refractivity contribution < 1.29 is 19.0 Å². The number of benzene rings is 2. The van der Waals surface area contributed by atoms with Crippen molar-refractivity contribution in [3.05, 3.63) is 71.5 Å². The standard InChI is InChI=1S/C24H29N3O2/c1-18-7-3-4-9-21(18)16-26-11-13-27(14-12-26)17-24(28)25-19(2)23-15-20-8-5-6-10-22(20)29-23/h3-10,15,19H,11-14,16-17H2,1-2H3,(H,25,28)/p+2/t19-/m1/s1. The largest absolute Gasteiger partial charge is 0.459 e. The fraction of sp³-hybridized carbons (Fsp3) is 0.375. The average Bonchev–Trinajstić information content (AvgIpc) is 3.16. The molecular weight excluding hydrogens is 362 g/mol. The lowest BCUT2D eigenvalue weighted by molar-refractivity contribution is -1.02. The number of furan rings is 1. The Morgan fingerprint density at radius 2 is 1.72 bits per heavy atom. The molecule has 1 aliphatic rings. The highest BCUT2D eigenvalue weighted by Crippen LogP contribution is 2.23. The lowest BCUT2D eigenvalue weighted by Gasteiger charge is -2.29. The number of hydrogen-bond acceptors (Lipinski definition) is 2. The third-order valence-corrected chi connectivity index (χ3v) is 6.03. The Labute approximate surface area is 172 Å². The first-order valence-corrected chi connectivity index (χ1v) is 10.6. The van der Waals surface area contributed by atoms with Crippen molar-refractivity contribution >= 4 is 16.9 Å². The number of quaternary nitrogens is 2. The second-order valence-corrected chi connectivity index (χ2v) is 8.26. The molecule has 1 saturated heterocycles. The molecule has 0 spiro atoms. The topological polar surface area (TPSA) is 51.1 Å². The number of amides is 1. The Hall–Kier alpha value is -2.63. The summed E-state index contributed by atoms with van der Waals surface area (Å²) in [5.41, 5.74) is 3.67. The number of aryl methyl sites for hydroxylation is 1. The highest BCUT2D eigenvalue weighted by Gasteiger charge is 2.26. The molecule has 0 radical (unpaired) electrons. The highest BCUT2D eigenvalue weighted by molar-refractivity contribution is 5.79. The first kappa shape index (κ1) is 19.7. The summed E-state index contributed by atoms with van der Waals surface area (Å²) in [7, 11) is 0. The molecule has 3 N–H and O–H groups in total. The maximum absolute atomic E-state index is 12.5. The van der Waals surface area contributed by atoms with E-state index in [0.717, 1.165) is 49.5 Å². The van der Waals surface area contributed by atoms with Gasteiger partial charge in [0.25, 0.3) is 5.91 Å². The summed E-state index contributed by atoms with van der Waals surface area (Å²) in [6.45, 7) is 10.1. The SMILES string of the molecule is Cc1ccccc1C[NH+]1CC[NH+](CC(=O)N[C@H](C)c2cc3ccccc3o2)CC1. The van der Waals surface area contributed by atoms with Crippen molar-refractivity contribution in [1.82, 2.24) is 5.32 Å². The Morgan fingerprint density at radius 3 is 2.48 bits per heavy atom. The van der Waals surface area contributed by atoms with Crippen LogP contribution < -0.4 is 15.1 Å². The smallest absolute Gasteiger partial charge is 0.275 e. The maximum Gasteiger partial charge on any atom is 0.275 e. The molecule has 3 aromatic rings. The number of nitrogens with one attached hydrogen (secondary N) is 3. The number of carbonyl (C=O) groups excluding carboxylic acids is 1. The van der Waals surface area contributed by atoms with E-state index < -0.39 is 0 Å². The molecule has 1 aliphatic heterocycles. The summed E-state index contributed by atoms with van der Waals surface area (Å²) >= 11 is 0. The fourth-order valence-electron chi connectivity index (χ4n) is 4.19. The number of rotatable bonds is 6. The summed E-state index contributed by atoms with van der Waals surface area (Å²) in [5, 5.41) is 4.17. The van der Waals surface area contributed by atoms with Gasteiger partial charge in [-0.3, -0.25) is 4.79 Å². The second kappa shape index (κ2) is 8.80. The molecule has 5 heteroatoms. The van der Waals surface area contributed by atoms with Gasteiger partial charge in [-0.2, -0.15) is 0 Å². The minimum Gasteiger partial charge on any atom is -0.459 e. The van der Waals surface area contributed by atoms with Crippen LogP contribution in [-0.2, 0) is 11.3 Å². The van der Waals surface area contributed by atoms with E-state index in [-0.39, 0.29) is 11.9 Å². The third-order valence-electron chi connectivity index (χ3n) is 6.03. The number of piperazine rings is 1. The van der Waals surface area contributed by atoms with E-state index in [0.29, 0.717) is 6.54 Å². The van der Waals surface area contributed by atoms with Gasteiger partial charge >= 0.3 is 0 Å². The number of hydrogen-bond donors (Lipinski definition) is 3. The normalized spacial score (nSPS) is 20.5. The maximum atomic E-state index is 12.5. The molecule has 152 valence electrons. The van der Waals surface area contributed by atoms with Gasteiger partial charge in [-0.05, 0) is 31.5 Å². The first-order valence-electron chi connectivity index (χ1n) is 10.6. The second-order valence-electron chi connectivity index (χ2n) is 8.26. The molecule has 2 heterocycles. The molecule has 1 aromatic heterocycles. The van der Waals surface area contributed by atoms with E-state index in [1.165, 1.54) is 16.0 Å². The highest BCUT2D eigenvalue weighted by atomic mass is 16.3. The van der Waals surface area contributed by atoms with Crippen molar-refractivity contribution in [2.24, 2.45) is 0 Å². The number of carbonyl (C=O) groups is 1. The van der Waals surface area contributed by atoms with E-state index in [2.05, 4.69) is 36.5 Å². The van der Waals surface area contributed by atoms with E-state index in [1.807, 2.05) is 37.3 Å². The zero-order valence-corrected chi connectivity index (χ0v) is 17.3. The molecule has 1 atom stereocenters. The van der Waals surface area contributed by atoms with Crippen LogP contribution in [0.25, 0.3) is 11.0 Å². The quantitative estimate of drug-likeness (QED) is 0.583. The molecule has 1 fully saturated rings. The van der Waals surface area contributed by atoms with Crippen LogP contribution in [0.15, 0.2) is 59.0 Å². The van der Waals surface area contributed by atoms with Gasteiger partial charge in [-0.25, -0.2) is 0 Å². The summed E-state index contributed by atoms with van der Waals surface area (Å²) < 4.78 is 5.88.